The van der Waals surface area contributed by atoms with E-state index < -0.39 is 35.8 Å². The molecule has 11 heteroatoms. The molecule has 0 radical (unpaired) electrons. The normalized spacial score (nSPS) is 22.9. The average Bonchev–Trinajstić information content (AvgIpc) is 3.47. The van der Waals surface area contributed by atoms with E-state index in [1.165, 1.54) is 34.1 Å². The topological polar surface area (TPSA) is 91.0 Å². The maximum absolute atomic E-state index is 13.9. The molecule has 0 aromatic heterocycles. The van der Waals surface area contributed by atoms with E-state index in [0.717, 1.165) is 18.9 Å². The minimum atomic E-state index is -4.69. The minimum absolute atomic E-state index is 0.0238. The molecular formula is C26H31F3N4O4. The number of amides is 4. The van der Waals surface area contributed by atoms with Crippen molar-refractivity contribution >= 4 is 17.8 Å². The summed E-state index contributed by atoms with van der Waals surface area (Å²) < 4.78 is 47.1. The summed E-state index contributed by atoms with van der Waals surface area (Å²) in [6.07, 6.45) is -1.57. The molecule has 1 fully saturated rings. The van der Waals surface area contributed by atoms with Crippen LogP contribution in [0.3, 0.4) is 0 Å². The second kappa shape index (κ2) is 10.6. The summed E-state index contributed by atoms with van der Waals surface area (Å²) in [5, 5.41) is 5.44. The summed E-state index contributed by atoms with van der Waals surface area (Å²) >= 11 is 0. The molecule has 1 aromatic carbocycles. The number of rotatable bonds is 8. The summed E-state index contributed by atoms with van der Waals surface area (Å²) in [4.78, 5) is 42.7. The zero-order chi connectivity index (χ0) is 26.9. The molecule has 4 amide bonds. The van der Waals surface area contributed by atoms with Gasteiger partial charge in [0.1, 0.15) is 6.04 Å². The molecule has 3 aliphatic heterocycles. The molecule has 3 aliphatic rings. The standard InChI is InChI=1S/C26H31F3N4O4/c1-4-11-32-19-14-33(22(15(2)3)23(34)30-13-16-8-7-12-37-16)24(35)20(19)21(31-25(32)36)17-9-5-6-10-18(17)26(27,28)29/h4-6,9-10,15-16,21-22H,1,7-8,11-14H2,2-3H3,(H,30,34)(H,31,36)/t16-,21-,22-/m0/s1. The van der Waals surface area contributed by atoms with Crippen LogP contribution in [0.1, 0.15) is 43.9 Å². The Labute approximate surface area is 213 Å². The van der Waals surface area contributed by atoms with Crippen molar-refractivity contribution < 1.29 is 32.3 Å². The van der Waals surface area contributed by atoms with Crippen LogP contribution in [0.25, 0.3) is 0 Å². The van der Waals surface area contributed by atoms with E-state index in [2.05, 4.69) is 17.2 Å². The zero-order valence-corrected chi connectivity index (χ0v) is 20.8. The van der Waals surface area contributed by atoms with Crippen LogP contribution in [0.4, 0.5) is 18.0 Å². The fourth-order valence-corrected chi connectivity index (χ4v) is 5.23. The zero-order valence-electron chi connectivity index (χ0n) is 20.8. The lowest BCUT2D eigenvalue weighted by atomic mass is 9.91. The third kappa shape index (κ3) is 5.22. The minimum Gasteiger partial charge on any atom is -0.376 e. The van der Waals surface area contributed by atoms with Gasteiger partial charge in [-0.15, -0.1) is 6.58 Å². The number of nitrogens with zero attached hydrogens (tertiary/aromatic N) is 2. The van der Waals surface area contributed by atoms with Crippen molar-refractivity contribution in [1.29, 1.82) is 0 Å². The fraction of sp³-hybridized carbons (Fsp3) is 0.500. The van der Waals surface area contributed by atoms with Gasteiger partial charge in [0.25, 0.3) is 5.91 Å². The number of carbonyl (C=O) groups is 3. The van der Waals surface area contributed by atoms with Gasteiger partial charge in [-0.25, -0.2) is 4.79 Å². The van der Waals surface area contributed by atoms with Gasteiger partial charge < -0.3 is 20.3 Å². The van der Waals surface area contributed by atoms with Gasteiger partial charge in [-0.3, -0.25) is 14.5 Å². The lowest BCUT2D eigenvalue weighted by Gasteiger charge is -2.33. The highest BCUT2D eigenvalue weighted by atomic mass is 19.4. The Morgan fingerprint density at radius 1 is 1.30 bits per heavy atom. The number of carbonyl (C=O) groups excluding carboxylic acids is 3. The van der Waals surface area contributed by atoms with Gasteiger partial charge in [-0.05, 0) is 30.4 Å². The van der Waals surface area contributed by atoms with Crippen LogP contribution in [-0.2, 0) is 20.5 Å². The summed E-state index contributed by atoms with van der Waals surface area (Å²) in [5.41, 5.74) is -0.873. The van der Waals surface area contributed by atoms with Crippen molar-refractivity contribution in [1.82, 2.24) is 20.4 Å². The molecule has 1 aromatic rings. The number of hydrogen-bond acceptors (Lipinski definition) is 4. The molecule has 2 N–H and O–H groups in total. The molecule has 0 spiro atoms. The Morgan fingerprint density at radius 2 is 2.03 bits per heavy atom. The van der Waals surface area contributed by atoms with E-state index in [4.69, 9.17) is 4.74 Å². The summed E-state index contributed by atoms with van der Waals surface area (Å²) in [6, 6.07) is 2.02. The SMILES string of the molecule is C=CCN1C(=O)N[C@@H](c2ccccc2C(F)(F)F)C2=C1CN([C@H](C(=O)NC[C@@H]1CCCO1)C(C)C)C2=O. The van der Waals surface area contributed by atoms with Gasteiger partial charge in [-0.1, -0.05) is 38.1 Å². The monoisotopic (exact) mass is 520 g/mol. The maximum Gasteiger partial charge on any atom is 0.416 e. The number of benzene rings is 1. The highest BCUT2D eigenvalue weighted by molar-refractivity contribution is 6.03. The number of halogens is 3. The molecule has 37 heavy (non-hydrogen) atoms. The van der Waals surface area contributed by atoms with E-state index >= 15 is 0 Å². The van der Waals surface area contributed by atoms with Gasteiger partial charge in [-0.2, -0.15) is 13.2 Å². The second-order valence-corrected chi connectivity index (χ2v) is 9.73. The summed E-state index contributed by atoms with van der Waals surface area (Å²) in [5.74, 6) is -1.26. The van der Waals surface area contributed by atoms with Crippen LogP contribution in [-0.4, -0.2) is 66.0 Å². The van der Waals surface area contributed by atoms with Gasteiger partial charge in [0.15, 0.2) is 0 Å². The molecule has 1 saturated heterocycles. The summed E-state index contributed by atoms with van der Waals surface area (Å²) in [6.45, 7) is 8.15. The Morgan fingerprint density at radius 3 is 2.65 bits per heavy atom. The molecule has 200 valence electrons. The van der Waals surface area contributed by atoms with Gasteiger partial charge in [0.2, 0.25) is 5.91 Å². The van der Waals surface area contributed by atoms with Crippen LogP contribution in [0.2, 0.25) is 0 Å². The fourth-order valence-electron chi connectivity index (χ4n) is 5.23. The molecule has 8 nitrogen and oxygen atoms in total. The molecule has 0 saturated carbocycles. The molecule has 0 bridgehead atoms. The number of ether oxygens (including phenoxy) is 1. The Hall–Kier alpha value is -3.34. The lowest BCUT2D eigenvalue weighted by Crippen LogP contribution is -2.52. The van der Waals surface area contributed by atoms with Crippen molar-refractivity contribution in [2.45, 2.75) is 51.1 Å². The van der Waals surface area contributed by atoms with Gasteiger partial charge in [0, 0.05) is 19.7 Å². The van der Waals surface area contributed by atoms with E-state index in [1.807, 2.05) is 0 Å². The molecule has 3 heterocycles. The van der Waals surface area contributed by atoms with E-state index in [-0.39, 0.29) is 47.9 Å². The van der Waals surface area contributed by atoms with Crippen LogP contribution in [0, 0.1) is 5.92 Å². The number of alkyl halides is 3. The smallest absolute Gasteiger partial charge is 0.376 e. The largest absolute Gasteiger partial charge is 0.416 e. The first kappa shape index (κ1) is 26.7. The van der Waals surface area contributed by atoms with E-state index in [1.54, 1.807) is 13.8 Å². The van der Waals surface area contributed by atoms with Crippen molar-refractivity contribution in [2.75, 3.05) is 26.2 Å². The van der Waals surface area contributed by atoms with Crippen molar-refractivity contribution in [3.8, 4) is 0 Å². The number of urea groups is 1. The Bertz CT molecular complexity index is 1110. The summed E-state index contributed by atoms with van der Waals surface area (Å²) in [7, 11) is 0. The van der Waals surface area contributed by atoms with Crippen LogP contribution >= 0.6 is 0 Å². The quantitative estimate of drug-likeness (QED) is 0.515. The van der Waals surface area contributed by atoms with Crippen LogP contribution in [0.15, 0.2) is 48.2 Å². The average molecular weight is 521 g/mol. The number of hydrogen-bond donors (Lipinski definition) is 2. The first-order chi connectivity index (χ1) is 17.5. The third-order valence-electron chi connectivity index (χ3n) is 6.90. The molecule has 4 rings (SSSR count). The van der Waals surface area contributed by atoms with Gasteiger partial charge >= 0.3 is 12.2 Å². The molecule has 3 atom stereocenters. The predicted octanol–water partition coefficient (Wildman–Crippen LogP) is 3.37. The molecular weight excluding hydrogens is 489 g/mol. The first-order valence-corrected chi connectivity index (χ1v) is 12.3. The highest BCUT2D eigenvalue weighted by Crippen LogP contribution is 2.42. The Balaban J connectivity index is 1.70. The first-order valence-electron chi connectivity index (χ1n) is 12.3. The highest BCUT2D eigenvalue weighted by Gasteiger charge is 2.49. The molecule has 0 unspecified atom stereocenters. The van der Waals surface area contributed by atoms with Gasteiger partial charge in [0.05, 0.1) is 35.5 Å². The van der Waals surface area contributed by atoms with Crippen LogP contribution in [0.5, 0.6) is 0 Å². The lowest BCUT2D eigenvalue weighted by molar-refractivity contribution is -0.139. The Kier molecular flexibility index (Phi) is 7.63. The second-order valence-electron chi connectivity index (χ2n) is 9.73. The number of nitrogens with one attached hydrogen (secondary N) is 2. The van der Waals surface area contributed by atoms with Crippen molar-refractivity contribution in [3.63, 3.8) is 0 Å². The van der Waals surface area contributed by atoms with E-state index in [9.17, 15) is 27.6 Å². The van der Waals surface area contributed by atoms with Crippen molar-refractivity contribution in [3.05, 3.63) is 59.3 Å². The van der Waals surface area contributed by atoms with Crippen LogP contribution < -0.4 is 10.6 Å². The maximum atomic E-state index is 13.9. The molecule has 0 aliphatic carbocycles. The van der Waals surface area contributed by atoms with E-state index in [0.29, 0.717) is 13.2 Å². The third-order valence-corrected chi connectivity index (χ3v) is 6.90. The van der Waals surface area contributed by atoms with Crippen molar-refractivity contribution in [2.24, 2.45) is 5.92 Å². The predicted molar refractivity (Wildman–Crippen MR) is 129 cm³/mol.